The Balaban J connectivity index is 2.61. The van der Waals surface area contributed by atoms with Gasteiger partial charge in [0.1, 0.15) is 5.94 Å². The molecule has 0 atom stereocenters. The molecular weight excluding hydrogens is 118 g/mol. The number of β-lactam (4-membered cyclic amide) rings is 1. The summed E-state index contributed by atoms with van der Waals surface area (Å²) in [6.07, 6.45) is 2.65. The maximum atomic E-state index is 10.4. The van der Waals surface area contributed by atoms with E-state index in [1.807, 2.05) is 0 Å². The number of carbonyl (C=O) groups excluding carboxylic acids is 2. The van der Waals surface area contributed by atoms with E-state index in [-0.39, 0.29) is 5.91 Å². The highest BCUT2D eigenvalue weighted by Crippen LogP contribution is 2.01. The number of amides is 1. The molecule has 0 radical (unpaired) electrons. The van der Waals surface area contributed by atoms with Crippen molar-refractivity contribution in [3.8, 4) is 0 Å². The van der Waals surface area contributed by atoms with Crippen molar-refractivity contribution < 1.29 is 9.59 Å². The summed E-state index contributed by atoms with van der Waals surface area (Å²) < 4.78 is 0. The van der Waals surface area contributed by atoms with Crippen LogP contribution in [0.4, 0.5) is 0 Å². The number of carbonyl (C=O) groups is 1. The van der Waals surface area contributed by atoms with Gasteiger partial charge in [0.15, 0.2) is 0 Å². The lowest BCUT2D eigenvalue weighted by Crippen LogP contribution is -2.40. The highest BCUT2D eigenvalue weighted by atomic mass is 16.2. The molecule has 0 aromatic carbocycles. The topological polar surface area (TPSA) is 46.2 Å². The molecule has 0 bridgehead atoms. The van der Waals surface area contributed by atoms with E-state index in [1.165, 1.54) is 12.2 Å². The lowest BCUT2D eigenvalue weighted by Gasteiger charge is -2.15. The Morgan fingerprint density at radius 1 is 1.67 bits per heavy atom. The third kappa shape index (κ3) is 1.06. The molecule has 46 valence electrons. The van der Waals surface area contributed by atoms with Gasteiger partial charge in [0.2, 0.25) is 5.91 Å². The Bertz CT molecular complexity index is 211. The summed E-state index contributed by atoms with van der Waals surface area (Å²) in [5.41, 5.74) is 0.637. The van der Waals surface area contributed by atoms with Gasteiger partial charge < -0.3 is 5.32 Å². The molecule has 1 N–H and O–H groups in total. The van der Waals surface area contributed by atoms with Gasteiger partial charge in [-0.25, -0.2) is 4.79 Å². The third-order valence-corrected chi connectivity index (χ3v) is 1.08. The first-order chi connectivity index (χ1) is 4.34. The summed E-state index contributed by atoms with van der Waals surface area (Å²) in [4.78, 5) is 20.0. The first-order valence-electron chi connectivity index (χ1n) is 2.53. The highest BCUT2D eigenvalue weighted by molar-refractivity contribution is 6.00. The van der Waals surface area contributed by atoms with E-state index < -0.39 is 0 Å². The second kappa shape index (κ2) is 2.29. The summed E-state index contributed by atoms with van der Waals surface area (Å²) in [5, 5.41) is 2.51. The van der Waals surface area contributed by atoms with Gasteiger partial charge in [-0.15, -0.1) is 0 Å². The standard InChI is InChI=1S/C6H5NO2/c8-3-1-2-5-4-7-6(5)9/h1-2H,4H2,(H,7,9). The molecule has 1 saturated heterocycles. The summed E-state index contributed by atoms with van der Waals surface area (Å²) >= 11 is 0. The quantitative estimate of drug-likeness (QED) is 0.288. The minimum atomic E-state index is -0.0958. The molecule has 1 fully saturated rings. The minimum absolute atomic E-state index is 0.0958. The van der Waals surface area contributed by atoms with E-state index in [1.54, 1.807) is 5.94 Å². The zero-order valence-corrected chi connectivity index (χ0v) is 4.68. The number of hydrogen-bond donors (Lipinski definition) is 1. The van der Waals surface area contributed by atoms with E-state index in [4.69, 9.17) is 0 Å². The minimum Gasteiger partial charge on any atom is -0.348 e. The molecule has 0 aromatic heterocycles. The van der Waals surface area contributed by atoms with Crippen LogP contribution in [0.2, 0.25) is 0 Å². The van der Waals surface area contributed by atoms with Crippen molar-refractivity contribution in [3.63, 3.8) is 0 Å². The molecule has 1 aliphatic heterocycles. The molecule has 3 nitrogen and oxygen atoms in total. The Labute approximate surface area is 52.1 Å². The Kier molecular flexibility index (Phi) is 1.47. The first-order valence-corrected chi connectivity index (χ1v) is 2.53. The summed E-state index contributed by atoms with van der Waals surface area (Å²) in [6.45, 7) is 0.566. The summed E-state index contributed by atoms with van der Waals surface area (Å²) in [6, 6.07) is 0. The van der Waals surface area contributed by atoms with Crippen molar-refractivity contribution >= 4 is 11.8 Å². The van der Waals surface area contributed by atoms with Crippen molar-refractivity contribution in [2.75, 3.05) is 6.54 Å². The normalized spacial score (nSPS) is 20.0. The number of nitrogens with one attached hydrogen (secondary N) is 1. The molecule has 0 aromatic rings. The van der Waals surface area contributed by atoms with Crippen LogP contribution in [0.25, 0.3) is 0 Å². The molecule has 1 heterocycles. The van der Waals surface area contributed by atoms with Crippen LogP contribution < -0.4 is 5.32 Å². The van der Waals surface area contributed by atoms with Gasteiger partial charge in [0.05, 0.1) is 0 Å². The van der Waals surface area contributed by atoms with Crippen LogP contribution in [0.15, 0.2) is 17.7 Å². The van der Waals surface area contributed by atoms with E-state index in [9.17, 15) is 9.59 Å². The summed E-state index contributed by atoms with van der Waals surface area (Å²) in [5.74, 6) is 1.46. The molecule has 0 spiro atoms. The maximum absolute atomic E-state index is 10.4. The molecule has 9 heavy (non-hydrogen) atoms. The van der Waals surface area contributed by atoms with Gasteiger partial charge in [-0.2, -0.15) is 0 Å². The molecule has 1 amide bonds. The highest BCUT2D eigenvalue weighted by Gasteiger charge is 2.17. The van der Waals surface area contributed by atoms with Crippen LogP contribution in [0, 0.1) is 0 Å². The number of rotatable bonds is 1. The van der Waals surface area contributed by atoms with Crippen molar-refractivity contribution in [1.29, 1.82) is 0 Å². The average molecular weight is 123 g/mol. The van der Waals surface area contributed by atoms with Crippen molar-refractivity contribution in [2.45, 2.75) is 0 Å². The summed E-state index contributed by atoms with van der Waals surface area (Å²) in [7, 11) is 0. The number of hydrogen-bond acceptors (Lipinski definition) is 2. The van der Waals surface area contributed by atoms with E-state index in [2.05, 4.69) is 5.32 Å². The smallest absolute Gasteiger partial charge is 0.249 e. The second-order valence-electron chi connectivity index (χ2n) is 1.66. The fourth-order valence-electron chi connectivity index (χ4n) is 0.532. The van der Waals surface area contributed by atoms with Gasteiger partial charge in [0, 0.05) is 18.2 Å². The van der Waals surface area contributed by atoms with Gasteiger partial charge in [0.25, 0.3) is 0 Å². The molecule has 3 heteroatoms. The van der Waals surface area contributed by atoms with Crippen molar-refractivity contribution in [3.05, 3.63) is 17.7 Å². The van der Waals surface area contributed by atoms with E-state index in [0.29, 0.717) is 12.1 Å². The van der Waals surface area contributed by atoms with Crippen LogP contribution in [-0.2, 0) is 9.59 Å². The van der Waals surface area contributed by atoms with Crippen LogP contribution in [0.3, 0.4) is 0 Å². The van der Waals surface area contributed by atoms with Gasteiger partial charge >= 0.3 is 0 Å². The number of allylic oxidation sites excluding steroid dienone is 2. The average Bonchev–Trinajstić information content (AvgIpc) is 1.86. The molecule has 1 rings (SSSR count). The Morgan fingerprint density at radius 2 is 2.44 bits per heavy atom. The van der Waals surface area contributed by atoms with Gasteiger partial charge in [-0.05, 0) is 6.08 Å². The molecule has 1 aliphatic rings. The van der Waals surface area contributed by atoms with Gasteiger partial charge in [-0.1, -0.05) is 0 Å². The largest absolute Gasteiger partial charge is 0.348 e. The lowest BCUT2D eigenvalue weighted by atomic mass is 10.1. The van der Waals surface area contributed by atoms with Crippen LogP contribution in [-0.4, -0.2) is 18.4 Å². The fraction of sp³-hybridized carbons (Fsp3) is 0.167. The van der Waals surface area contributed by atoms with Crippen LogP contribution in [0.1, 0.15) is 0 Å². The third-order valence-electron chi connectivity index (χ3n) is 1.08. The second-order valence-corrected chi connectivity index (χ2v) is 1.66. The molecule has 0 saturated carbocycles. The SMILES string of the molecule is O=C=CC=C1CNC1=O. The molecule has 0 aliphatic carbocycles. The van der Waals surface area contributed by atoms with Crippen molar-refractivity contribution in [1.82, 2.24) is 5.32 Å². The first kappa shape index (κ1) is 5.79. The van der Waals surface area contributed by atoms with Gasteiger partial charge in [-0.3, -0.25) is 4.79 Å². The van der Waals surface area contributed by atoms with E-state index in [0.717, 1.165) is 0 Å². The molecular formula is C6H5NO2. The lowest BCUT2D eigenvalue weighted by molar-refractivity contribution is -0.120. The zero-order valence-electron chi connectivity index (χ0n) is 4.68. The Morgan fingerprint density at radius 3 is 2.78 bits per heavy atom. The molecule has 0 unspecified atom stereocenters. The zero-order chi connectivity index (χ0) is 6.69. The predicted molar refractivity (Wildman–Crippen MR) is 31.4 cm³/mol. The van der Waals surface area contributed by atoms with Crippen LogP contribution >= 0.6 is 0 Å². The predicted octanol–water partition coefficient (Wildman–Crippen LogP) is -0.570. The van der Waals surface area contributed by atoms with Crippen LogP contribution in [0.5, 0.6) is 0 Å². The maximum Gasteiger partial charge on any atom is 0.249 e. The van der Waals surface area contributed by atoms with E-state index >= 15 is 0 Å². The monoisotopic (exact) mass is 123 g/mol. The van der Waals surface area contributed by atoms with Crippen molar-refractivity contribution in [2.24, 2.45) is 0 Å². The Hall–Kier alpha value is -1.34. The fourth-order valence-corrected chi connectivity index (χ4v) is 0.532.